The highest BCUT2D eigenvalue weighted by atomic mass is 19.1. The number of hydrogen-bond acceptors (Lipinski definition) is 6. The summed E-state index contributed by atoms with van der Waals surface area (Å²) in [7, 11) is 1.35. The molecule has 0 fully saturated rings. The van der Waals surface area contributed by atoms with Gasteiger partial charge in [0, 0.05) is 13.6 Å². The van der Waals surface area contributed by atoms with E-state index in [2.05, 4.69) is 5.32 Å². The van der Waals surface area contributed by atoms with Gasteiger partial charge in [-0.2, -0.15) is 0 Å². The van der Waals surface area contributed by atoms with Gasteiger partial charge in [-0.1, -0.05) is 19.9 Å². The Kier molecular flexibility index (Phi) is 9.23. The minimum atomic E-state index is -0.929. The molecule has 10 heteroatoms. The molecule has 0 aliphatic rings. The van der Waals surface area contributed by atoms with E-state index in [1.165, 1.54) is 19.2 Å². The third kappa shape index (κ3) is 5.52. The van der Waals surface area contributed by atoms with Gasteiger partial charge in [0.25, 0.3) is 11.5 Å². The van der Waals surface area contributed by atoms with Gasteiger partial charge in [0.2, 0.25) is 0 Å². The van der Waals surface area contributed by atoms with Crippen molar-refractivity contribution in [1.82, 2.24) is 14.6 Å². The maximum atomic E-state index is 14.2. The Balaban J connectivity index is 0.00000204. The van der Waals surface area contributed by atoms with Gasteiger partial charge in [0.1, 0.15) is 17.2 Å². The monoisotopic (exact) mass is 410 g/mol. The number of aliphatic hydroxyl groups excluding tert-OH is 1. The van der Waals surface area contributed by atoms with E-state index in [0.717, 1.165) is 9.13 Å². The van der Waals surface area contributed by atoms with Crippen LogP contribution in [-0.2, 0) is 18.4 Å². The number of aryl methyl sites for hydroxylation is 1. The molecule has 0 saturated carbocycles. The summed E-state index contributed by atoms with van der Waals surface area (Å²) in [6.45, 7) is 6.81. The molecular weight excluding hydrogens is 383 g/mol. The van der Waals surface area contributed by atoms with Gasteiger partial charge < -0.3 is 10.4 Å². The van der Waals surface area contributed by atoms with E-state index in [1.807, 2.05) is 19.3 Å². The van der Waals surface area contributed by atoms with Crippen molar-refractivity contribution in [2.75, 3.05) is 18.5 Å². The zero-order valence-corrected chi connectivity index (χ0v) is 17.2. The van der Waals surface area contributed by atoms with Gasteiger partial charge in [-0.05, 0) is 31.5 Å². The summed E-state index contributed by atoms with van der Waals surface area (Å²) in [5, 5.41) is 11.4. The quantitative estimate of drug-likeness (QED) is 0.470. The maximum Gasteiger partial charge on any atom is 0.332 e. The van der Waals surface area contributed by atoms with Crippen LogP contribution >= 0.6 is 0 Å². The van der Waals surface area contributed by atoms with E-state index in [4.69, 9.17) is 9.94 Å². The number of rotatable bonds is 7. The van der Waals surface area contributed by atoms with Crippen molar-refractivity contribution >= 4 is 17.4 Å². The van der Waals surface area contributed by atoms with Crippen molar-refractivity contribution in [3.05, 3.63) is 56.0 Å². The molecule has 1 amide bonds. The number of carbonyl (C=O) groups is 1. The van der Waals surface area contributed by atoms with Crippen LogP contribution in [0.2, 0.25) is 0 Å². The van der Waals surface area contributed by atoms with E-state index in [0.29, 0.717) is 5.56 Å². The molecule has 160 valence electrons. The van der Waals surface area contributed by atoms with Crippen molar-refractivity contribution in [2.45, 2.75) is 34.2 Å². The van der Waals surface area contributed by atoms with Crippen LogP contribution in [0.3, 0.4) is 0 Å². The Morgan fingerprint density at radius 1 is 1.28 bits per heavy atom. The van der Waals surface area contributed by atoms with Gasteiger partial charge >= 0.3 is 5.69 Å². The second-order valence-corrected chi connectivity index (χ2v) is 5.73. The third-order valence-electron chi connectivity index (χ3n) is 3.83. The lowest BCUT2D eigenvalue weighted by Gasteiger charge is -2.17. The largest absolute Gasteiger partial charge is 0.394 e. The highest BCUT2D eigenvalue weighted by Gasteiger charge is 2.24. The standard InChI is InChI=1S/C17H21FN4O5.C2H6/c1-4-22-16(25)13(15(24)20-27-8-7-23)14(21(3)17(22)26)19-12-6-5-10(2)9-11(12)18;1-2/h5-6,9,19,23H,4,7-8H2,1-3H3,(H,20,24);1-2H3. The maximum absolute atomic E-state index is 14.2. The summed E-state index contributed by atoms with van der Waals surface area (Å²) in [6.07, 6.45) is 0. The Labute approximate surface area is 167 Å². The van der Waals surface area contributed by atoms with Crippen LogP contribution in [0.5, 0.6) is 0 Å². The highest BCUT2D eigenvalue weighted by molar-refractivity contribution is 5.98. The molecule has 0 aliphatic carbocycles. The van der Waals surface area contributed by atoms with E-state index in [-0.39, 0.29) is 31.3 Å². The lowest BCUT2D eigenvalue weighted by atomic mass is 10.2. The first-order chi connectivity index (χ1) is 13.8. The number of carbonyl (C=O) groups excluding carboxylic acids is 1. The van der Waals surface area contributed by atoms with Crippen molar-refractivity contribution in [3.63, 3.8) is 0 Å². The lowest BCUT2D eigenvalue weighted by Crippen LogP contribution is -2.44. The van der Waals surface area contributed by atoms with Crippen molar-refractivity contribution < 1.29 is 19.1 Å². The molecule has 1 aromatic carbocycles. The van der Waals surface area contributed by atoms with Gasteiger partial charge in [-0.15, -0.1) is 0 Å². The molecule has 1 heterocycles. The van der Waals surface area contributed by atoms with Crippen LogP contribution < -0.4 is 22.0 Å². The van der Waals surface area contributed by atoms with Crippen molar-refractivity contribution in [2.24, 2.45) is 7.05 Å². The fourth-order valence-electron chi connectivity index (χ4n) is 2.46. The van der Waals surface area contributed by atoms with E-state index < -0.39 is 28.5 Å². The number of amides is 1. The molecule has 0 aliphatic heterocycles. The molecule has 0 spiro atoms. The Hall–Kier alpha value is -2.98. The average Bonchev–Trinajstić information content (AvgIpc) is 2.70. The fourth-order valence-corrected chi connectivity index (χ4v) is 2.46. The SMILES string of the molecule is CC.CCn1c(=O)c(C(=O)NOCCO)c(Nc2ccc(C)cc2F)n(C)c1=O. The summed E-state index contributed by atoms with van der Waals surface area (Å²) in [4.78, 5) is 42.2. The molecule has 0 bridgehead atoms. The predicted molar refractivity (Wildman–Crippen MR) is 108 cm³/mol. The normalized spacial score (nSPS) is 10.2. The summed E-state index contributed by atoms with van der Waals surface area (Å²) >= 11 is 0. The minimum Gasteiger partial charge on any atom is -0.394 e. The van der Waals surface area contributed by atoms with E-state index >= 15 is 0 Å². The van der Waals surface area contributed by atoms with E-state index in [9.17, 15) is 18.8 Å². The molecule has 0 radical (unpaired) electrons. The first-order valence-corrected chi connectivity index (χ1v) is 9.21. The second kappa shape index (κ2) is 11.1. The lowest BCUT2D eigenvalue weighted by molar-refractivity contribution is 0.0167. The number of benzene rings is 1. The van der Waals surface area contributed by atoms with Crippen LogP contribution in [0.4, 0.5) is 15.9 Å². The molecule has 0 unspecified atom stereocenters. The number of aromatic nitrogens is 2. The molecule has 2 aromatic rings. The molecule has 29 heavy (non-hydrogen) atoms. The summed E-state index contributed by atoms with van der Waals surface area (Å²) < 4.78 is 16.1. The average molecular weight is 410 g/mol. The third-order valence-corrected chi connectivity index (χ3v) is 3.83. The Morgan fingerprint density at radius 3 is 2.48 bits per heavy atom. The van der Waals surface area contributed by atoms with Gasteiger partial charge in [-0.25, -0.2) is 14.7 Å². The number of aliphatic hydroxyl groups is 1. The Morgan fingerprint density at radius 2 is 1.93 bits per heavy atom. The number of hydroxylamine groups is 1. The zero-order valence-electron chi connectivity index (χ0n) is 17.2. The number of anilines is 2. The fraction of sp³-hybridized carbons (Fsp3) is 0.421. The minimum absolute atomic E-state index is 0.00502. The van der Waals surface area contributed by atoms with Gasteiger partial charge in [0.05, 0.1) is 18.9 Å². The predicted octanol–water partition coefficient (Wildman–Crippen LogP) is 1.44. The summed E-state index contributed by atoms with van der Waals surface area (Å²) in [5.41, 5.74) is 0.778. The van der Waals surface area contributed by atoms with Crippen LogP contribution in [0.15, 0.2) is 27.8 Å². The summed E-state index contributed by atoms with van der Waals surface area (Å²) in [5.74, 6) is -1.71. The van der Waals surface area contributed by atoms with Gasteiger partial charge in [-0.3, -0.25) is 23.6 Å². The number of nitrogens with zero attached hydrogens (tertiary/aromatic N) is 2. The molecule has 0 atom stereocenters. The molecule has 0 saturated heterocycles. The highest BCUT2D eigenvalue weighted by Crippen LogP contribution is 2.21. The van der Waals surface area contributed by atoms with Crippen LogP contribution in [0.1, 0.15) is 36.7 Å². The van der Waals surface area contributed by atoms with Crippen LogP contribution in [0.25, 0.3) is 0 Å². The van der Waals surface area contributed by atoms with Crippen molar-refractivity contribution in [1.29, 1.82) is 0 Å². The molecule has 2 rings (SSSR count). The first-order valence-electron chi connectivity index (χ1n) is 9.21. The first kappa shape index (κ1) is 24.1. The molecule has 3 N–H and O–H groups in total. The number of nitrogens with one attached hydrogen (secondary N) is 2. The Bertz CT molecular complexity index is 968. The molecular formula is C19H27FN4O5. The smallest absolute Gasteiger partial charge is 0.332 e. The van der Waals surface area contributed by atoms with Crippen LogP contribution in [0, 0.1) is 12.7 Å². The zero-order chi connectivity index (χ0) is 22.1. The van der Waals surface area contributed by atoms with Crippen molar-refractivity contribution in [3.8, 4) is 0 Å². The van der Waals surface area contributed by atoms with E-state index in [1.54, 1.807) is 19.9 Å². The van der Waals surface area contributed by atoms with Crippen LogP contribution in [-0.4, -0.2) is 33.4 Å². The number of hydrogen-bond donors (Lipinski definition) is 3. The van der Waals surface area contributed by atoms with Gasteiger partial charge in [0.15, 0.2) is 0 Å². The second-order valence-electron chi connectivity index (χ2n) is 5.73. The number of halogens is 1. The molecule has 9 nitrogen and oxygen atoms in total. The summed E-state index contributed by atoms with van der Waals surface area (Å²) in [6, 6.07) is 4.35. The topological polar surface area (TPSA) is 115 Å². The molecule has 1 aromatic heterocycles.